The molecule has 2 rings (SSSR count). The second-order valence-electron chi connectivity index (χ2n) is 4.83. The number of benzene rings is 1. The van der Waals surface area contributed by atoms with Gasteiger partial charge in [-0.25, -0.2) is 4.79 Å². The van der Waals surface area contributed by atoms with Gasteiger partial charge in [-0.1, -0.05) is 34.1 Å². The Bertz CT molecular complexity index is 638. The molecule has 1 aromatic heterocycles. The molecule has 2 aromatic rings. The number of nitrogens with one attached hydrogen (secondary N) is 1. The first-order chi connectivity index (χ1) is 10.5. The molecule has 0 saturated carbocycles. The number of aromatic nitrogens is 1. The molecule has 2 amide bonds. The van der Waals surface area contributed by atoms with E-state index in [1.54, 1.807) is 13.8 Å². The van der Waals surface area contributed by atoms with E-state index in [-0.39, 0.29) is 25.2 Å². The monoisotopic (exact) mass is 367 g/mol. The van der Waals surface area contributed by atoms with Gasteiger partial charge in [0.05, 0.1) is 12.3 Å². The van der Waals surface area contributed by atoms with E-state index in [4.69, 9.17) is 4.42 Å². The van der Waals surface area contributed by atoms with Gasteiger partial charge in [-0.05, 0) is 25.5 Å². The molecule has 0 aliphatic heterocycles. The van der Waals surface area contributed by atoms with Crippen molar-refractivity contribution in [2.75, 3.05) is 18.5 Å². The first kappa shape index (κ1) is 16.5. The van der Waals surface area contributed by atoms with Crippen molar-refractivity contribution in [3.05, 3.63) is 45.8 Å². The van der Waals surface area contributed by atoms with Crippen LogP contribution in [0.4, 0.5) is 10.8 Å². The lowest BCUT2D eigenvalue weighted by atomic mass is 10.2. The maximum Gasteiger partial charge on any atom is 0.325 e. The molecule has 0 aliphatic rings. The van der Waals surface area contributed by atoms with E-state index >= 15 is 0 Å². The summed E-state index contributed by atoms with van der Waals surface area (Å²) >= 11 is 3.45. The van der Waals surface area contributed by atoms with E-state index < -0.39 is 0 Å². The van der Waals surface area contributed by atoms with Gasteiger partial charge < -0.3 is 14.4 Å². The molecule has 0 fully saturated rings. The molecule has 2 N–H and O–H groups in total. The summed E-state index contributed by atoms with van der Waals surface area (Å²) in [6, 6.07) is 7.42. The third-order valence-electron chi connectivity index (χ3n) is 3.22. The summed E-state index contributed by atoms with van der Waals surface area (Å²) in [5, 5.41) is 11.8. The van der Waals surface area contributed by atoms with Crippen LogP contribution in [-0.4, -0.2) is 34.2 Å². The zero-order chi connectivity index (χ0) is 16.1. The van der Waals surface area contributed by atoms with Crippen molar-refractivity contribution >= 4 is 28.0 Å². The number of aryl methyl sites for hydroxylation is 2. The fraction of sp³-hybridized carbons (Fsp3) is 0.333. The Morgan fingerprint density at radius 3 is 2.73 bits per heavy atom. The number of urea groups is 1. The molecule has 0 atom stereocenters. The zero-order valence-corrected chi connectivity index (χ0v) is 14.1. The number of nitrogens with zero attached hydrogens (tertiary/aromatic N) is 2. The van der Waals surface area contributed by atoms with E-state index in [1.807, 2.05) is 24.3 Å². The number of hydrogen-bond acceptors (Lipinski definition) is 4. The van der Waals surface area contributed by atoms with E-state index in [1.165, 1.54) is 4.90 Å². The molecule has 6 nitrogen and oxygen atoms in total. The minimum absolute atomic E-state index is 0.124. The molecule has 0 spiro atoms. The van der Waals surface area contributed by atoms with E-state index in [2.05, 4.69) is 26.2 Å². The number of aliphatic hydroxyl groups excluding tert-OH is 1. The third-order valence-corrected chi connectivity index (χ3v) is 3.99. The Morgan fingerprint density at radius 2 is 2.14 bits per heavy atom. The number of oxazole rings is 1. The van der Waals surface area contributed by atoms with Crippen LogP contribution >= 0.6 is 15.9 Å². The molecule has 0 saturated heterocycles. The highest BCUT2D eigenvalue weighted by molar-refractivity contribution is 9.10. The molecule has 0 unspecified atom stereocenters. The summed E-state index contributed by atoms with van der Waals surface area (Å²) in [5.41, 5.74) is 1.68. The first-order valence-corrected chi connectivity index (χ1v) is 7.64. The van der Waals surface area contributed by atoms with Crippen LogP contribution in [0.5, 0.6) is 0 Å². The zero-order valence-electron chi connectivity index (χ0n) is 12.5. The van der Waals surface area contributed by atoms with Gasteiger partial charge in [-0.2, -0.15) is 4.98 Å². The highest BCUT2D eigenvalue weighted by Gasteiger charge is 2.17. The van der Waals surface area contributed by atoms with Crippen molar-refractivity contribution in [3.63, 3.8) is 0 Å². The predicted octanol–water partition coefficient (Wildman–Crippen LogP) is 3.08. The lowest BCUT2D eigenvalue weighted by Crippen LogP contribution is -2.36. The van der Waals surface area contributed by atoms with Crippen LogP contribution in [-0.2, 0) is 6.54 Å². The standard InChI is InChI=1S/C15H18BrN3O3/c1-10-11(2)22-14(17-10)18-15(21)19(7-8-20)9-12-5-3-4-6-13(12)16/h3-6,20H,7-9H2,1-2H3,(H,17,18,21). The van der Waals surface area contributed by atoms with Gasteiger partial charge in [-0.3, -0.25) is 5.32 Å². The Balaban J connectivity index is 2.09. The summed E-state index contributed by atoms with van der Waals surface area (Å²) < 4.78 is 6.26. The number of halogens is 1. The number of hydrogen-bond donors (Lipinski definition) is 2. The quantitative estimate of drug-likeness (QED) is 0.850. The lowest BCUT2D eigenvalue weighted by molar-refractivity contribution is 0.184. The maximum atomic E-state index is 12.3. The summed E-state index contributed by atoms with van der Waals surface area (Å²) in [6.07, 6.45) is 0. The van der Waals surface area contributed by atoms with Crippen LogP contribution in [0, 0.1) is 13.8 Å². The van der Waals surface area contributed by atoms with Gasteiger partial charge in [0.1, 0.15) is 5.76 Å². The first-order valence-electron chi connectivity index (χ1n) is 6.85. The van der Waals surface area contributed by atoms with Crippen molar-refractivity contribution in [2.24, 2.45) is 0 Å². The van der Waals surface area contributed by atoms with Gasteiger partial charge >= 0.3 is 12.0 Å². The Hall–Kier alpha value is -1.86. The highest BCUT2D eigenvalue weighted by atomic mass is 79.9. The normalized spacial score (nSPS) is 10.5. The Morgan fingerprint density at radius 1 is 1.41 bits per heavy atom. The van der Waals surface area contributed by atoms with Gasteiger partial charge in [0.2, 0.25) is 0 Å². The largest absolute Gasteiger partial charge is 0.428 e. The number of rotatable bonds is 5. The van der Waals surface area contributed by atoms with Gasteiger partial charge in [0, 0.05) is 17.6 Å². The smallest absolute Gasteiger partial charge is 0.325 e. The van der Waals surface area contributed by atoms with Crippen LogP contribution in [0.3, 0.4) is 0 Å². The predicted molar refractivity (Wildman–Crippen MR) is 86.6 cm³/mol. The maximum absolute atomic E-state index is 12.3. The Labute approximate surface area is 137 Å². The fourth-order valence-electron chi connectivity index (χ4n) is 1.90. The SMILES string of the molecule is Cc1nc(NC(=O)N(CCO)Cc2ccccc2Br)oc1C. The van der Waals surface area contributed by atoms with E-state index in [0.717, 1.165) is 15.7 Å². The van der Waals surface area contributed by atoms with Crippen molar-refractivity contribution in [1.82, 2.24) is 9.88 Å². The number of aliphatic hydroxyl groups is 1. The van der Waals surface area contributed by atoms with Crippen LogP contribution in [0.25, 0.3) is 0 Å². The molecule has 0 radical (unpaired) electrons. The van der Waals surface area contributed by atoms with Crippen molar-refractivity contribution < 1.29 is 14.3 Å². The minimum atomic E-state index is -0.369. The topological polar surface area (TPSA) is 78.6 Å². The summed E-state index contributed by atoms with van der Waals surface area (Å²) in [6.45, 7) is 4.05. The number of carbonyl (C=O) groups is 1. The summed E-state index contributed by atoms with van der Waals surface area (Å²) in [5.74, 6) is 0.662. The summed E-state index contributed by atoms with van der Waals surface area (Å²) in [7, 11) is 0. The molecule has 1 aromatic carbocycles. The fourth-order valence-corrected chi connectivity index (χ4v) is 2.31. The highest BCUT2D eigenvalue weighted by Crippen LogP contribution is 2.19. The van der Waals surface area contributed by atoms with Gasteiger partial charge in [0.15, 0.2) is 0 Å². The van der Waals surface area contributed by atoms with E-state index in [0.29, 0.717) is 12.3 Å². The molecule has 0 bridgehead atoms. The van der Waals surface area contributed by atoms with Crippen LogP contribution in [0.1, 0.15) is 17.0 Å². The number of carbonyl (C=O) groups excluding carboxylic acids is 1. The minimum Gasteiger partial charge on any atom is -0.428 e. The third kappa shape index (κ3) is 4.08. The second-order valence-corrected chi connectivity index (χ2v) is 5.68. The summed E-state index contributed by atoms with van der Waals surface area (Å²) in [4.78, 5) is 17.9. The van der Waals surface area contributed by atoms with Crippen molar-refractivity contribution in [2.45, 2.75) is 20.4 Å². The molecule has 0 aliphatic carbocycles. The average molecular weight is 368 g/mol. The molecule has 1 heterocycles. The molecule has 118 valence electrons. The molecular formula is C15H18BrN3O3. The lowest BCUT2D eigenvalue weighted by Gasteiger charge is -2.22. The molecule has 7 heteroatoms. The second kappa shape index (κ2) is 7.42. The average Bonchev–Trinajstić information content (AvgIpc) is 2.79. The molecular weight excluding hydrogens is 350 g/mol. The molecule has 22 heavy (non-hydrogen) atoms. The number of anilines is 1. The van der Waals surface area contributed by atoms with Crippen molar-refractivity contribution in [3.8, 4) is 0 Å². The van der Waals surface area contributed by atoms with Gasteiger partial charge in [-0.15, -0.1) is 0 Å². The van der Waals surface area contributed by atoms with Crippen LogP contribution < -0.4 is 5.32 Å². The van der Waals surface area contributed by atoms with Crippen LogP contribution in [0.15, 0.2) is 33.2 Å². The van der Waals surface area contributed by atoms with E-state index in [9.17, 15) is 9.90 Å². The van der Waals surface area contributed by atoms with Crippen molar-refractivity contribution in [1.29, 1.82) is 0 Å². The van der Waals surface area contributed by atoms with Crippen LogP contribution in [0.2, 0.25) is 0 Å². The Kier molecular flexibility index (Phi) is 5.57. The van der Waals surface area contributed by atoms with Gasteiger partial charge in [0.25, 0.3) is 0 Å². The number of amides is 2.